The van der Waals surface area contributed by atoms with Crippen LogP contribution >= 0.6 is 45.8 Å². The Bertz CT molecular complexity index is 1510. The van der Waals surface area contributed by atoms with Crippen LogP contribution in [0.15, 0.2) is 54.1 Å². The number of carbonyl (C=O) groups excluding carboxylic acids is 3. The molecule has 0 aliphatic carbocycles. The van der Waals surface area contributed by atoms with Crippen molar-refractivity contribution in [1.82, 2.24) is 5.32 Å². The largest absolute Gasteiger partial charge is 0.495 e. The zero-order chi connectivity index (χ0) is 28.3. The zero-order valence-corrected chi connectivity index (χ0v) is 24.5. The summed E-state index contributed by atoms with van der Waals surface area (Å²) in [5.74, 6) is -0.527. The van der Waals surface area contributed by atoms with Crippen molar-refractivity contribution in [2.24, 2.45) is 0 Å². The van der Waals surface area contributed by atoms with Gasteiger partial charge in [0.1, 0.15) is 23.7 Å². The van der Waals surface area contributed by atoms with Crippen LogP contribution in [0.25, 0.3) is 6.08 Å². The molecular formula is C27H21Cl2IN2O7. The van der Waals surface area contributed by atoms with Crippen LogP contribution in [0.2, 0.25) is 10.0 Å². The highest BCUT2D eigenvalue weighted by atomic mass is 127. The molecule has 12 heteroatoms. The number of rotatable bonds is 8. The average molecular weight is 683 g/mol. The highest BCUT2D eigenvalue weighted by Crippen LogP contribution is 2.40. The fourth-order valence-corrected chi connectivity index (χ4v) is 4.99. The SMILES string of the molecule is COc1cc(N2C(=O)NC(=O)/C(=C\c3cc(I)c(OCc4ccccc4Cl)c(OC)c3)C2=O)c(OC)cc1Cl. The minimum atomic E-state index is -0.944. The molecule has 1 heterocycles. The summed E-state index contributed by atoms with van der Waals surface area (Å²) in [7, 11) is 4.23. The van der Waals surface area contributed by atoms with Crippen LogP contribution in [0.3, 0.4) is 0 Å². The van der Waals surface area contributed by atoms with E-state index in [-0.39, 0.29) is 34.4 Å². The number of nitrogens with zero attached hydrogens (tertiary/aromatic N) is 1. The summed E-state index contributed by atoms with van der Waals surface area (Å²) >= 11 is 14.5. The van der Waals surface area contributed by atoms with Gasteiger partial charge in [-0.1, -0.05) is 41.4 Å². The highest BCUT2D eigenvalue weighted by molar-refractivity contribution is 14.1. The molecule has 1 N–H and O–H groups in total. The molecular weight excluding hydrogens is 662 g/mol. The molecule has 9 nitrogen and oxygen atoms in total. The van der Waals surface area contributed by atoms with Gasteiger partial charge in [-0.25, -0.2) is 9.69 Å². The van der Waals surface area contributed by atoms with Crippen molar-refractivity contribution in [1.29, 1.82) is 0 Å². The zero-order valence-electron chi connectivity index (χ0n) is 20.8. The molecule has 3 aromatic carbocycles. The molecule has 0 spiro atoms. The maximum atomic E-state index is 13.5. The Hall–Kier alpha value is -3.48. The molecule has 0 unspecified atom stereocenters. The van der Waals surface area contributed by atoms with E-state index in [0.717, 1.165) is 10.5 Å². The standard InChI is InChI=1S/C27H21Cl2IN2O7/c1-36-21-12-20(22(37-2)11-18(21)29)32-26(34)16(25(33)31-27(32)35)8-14-9-19(30)24(23(10-14)38-3)39-13-15-6-4-5-7-17(15)28/h4-12H,13H2,1-3H3,(H,31,33,35)/b16-8+. The van der Waals surface area contributed by atoms with Gasteiger partial charge in [0, 0.05) is 22.7 Å². The quantitative estimate of drug-likeness (QED) is 0.180. The number of ether oxygens (including phenoxy) is 4. The van der Waals surface area contributed by atoms with Gasteiger partial charge in [0.05, 0.1) is 35.6 Å². The fourth-order valence-electron chi connectivity index (χ4n) is 3.79. The van der Waals surface area contributed by atoms with E-state index in [1.165, 1.54) is 39.5 Å². The molecule has 0 bridgehead atoms. The number of hydrogen-bond acceptors (Lipinski definition) is 7. The third kappa shape index (κ3) is 5.92. The predicted octanol–water partition coefficient (Wildman–Crippen LogP) is 5.87. The molecule has 3 aromatic rings. The fraction of sp³-hybridized carbons (Fsp3) is 0.148. The maximum absolute atomic E-state index is 13.5. The number of halogens is 3. The lowest BCUT2D eigenvalue weighted by molar-refractivity contribution is -0.122. The van der Waals surface area contributed by atoms with E-state index >= 15 is 0 Å². The molecule has 1 aliphatic heterocycles. The second-order valence-electron chi connectivity index (χ2n) is 8.03. The Labute approximate surface area is 247 Å². The lowest BCUT2D eigenvalue weighted by Crippen LogP contribution is -2.54. The normalized spacial score (nSPS) is 14.4. The Morgan fingerprint density at radius 1 is 0.897 bits per heavy atom. The number of urea groups is 1. The van der Waals surface area contributed by atoms with E-state index in [1.807, 2.05) is 18.2 Å². The number of nitrogens with one attached hydrogen (secondary N) is 1. The van der Waals surface area contributed by atoms with Gasteiger partial charge in [0.25, 0.3) is 11.8 Å². The topological polar surface area (TPSA) is 103 Å². The molecule has 0 saturated carbocycles. The summed E-state index contributed by atoms with van der Waals surface area (Å²) in [6, 6.07) is 12.5. The number of methoxy groups -OCH3 is 3. The molecule has 1 aliphatic rings. The van der Waals surface area contributed by atoms with Gasteiger partial charge in [-0.15, -0.1) is 0 Å². The Kier molecular flexibility index (Phi) is 8.88. The van der Waals surface area contributed by atoms with E-state index in [4.69, 9.17) is 42.1 Å². The number of hydrogen-bond donors (Lipinski definition) is 1. The monoisotopic (exact) mass is 682 g/mol. The first-order valence-corrected chi connectivity index (χ1v) is 13.1. The minimum Gasteiger partial charge on any atom is -0.495 e. The third-order valence-electron chi connectivity index (χ3n) is 5.69. The number of imide groups is 2. The number of amides is 4. The highest BCUT2D eigenvalue weighted by Gasteiger charge is 2.38. The van der Waals surface area contributed by atoms with E-state index in [9.17, 15) is 14.4 Å². The van der Waals surface area contributed by atoms with Crippen LogP contribution in [-0.2, 0) is 16.2 Å². The number of carbonyl (C=O) groups is 3. The Balaban J connectivity index is 1.70. The summed E-state index contributed by atoms with van der Waals surface area (Å²) in [6.07, 6.45) is 1.36. The van der Waals surface area contributed by atoms with Gasteiger partial charge in [-0.05, 0) is 52.4 Å². The molecule has 4 rings (SSSR count). The first kappa shape index (κ1) is 28.5. The molecule has 202 valence electrons. The van der Waals surface area contributed by atoms with Crippen molar-refractivity contribution < 1.29 is 33.3 Å². The van der Waals surface area contributed by atoms with Gasteiger partial charge in [-0.2, -0.15) is 0 Å². The predicted molar refractivity (Wildman–Crippen MR) is 155 cm³/mol. The molecule has 0 atom stereocenters. The number of benzene rings is 3. The number of barbiturate groups is 1. The van der Waals surface area contributed by atoms with Gasteiger partial charge in [-0.3, -0.25) is 14.9 Å². The van der Waals surface area contributed by atoms with E-state index < -0.39 is 17.8 Å². The van der Waals surface area contributed by atoms with Gasteiger partial charge in [0.15, 0.2) is 11.5 Å². The van der Waals surface area contributed by atoms with Crippen molar-refractivity contribution in [3.05, 3.63) is 78.8 Å². The minimum absolute atomic E-state index is 0.0510. The summed E-state index contributed by atoms with van der Waals surface area (Å²) < 4.78 is 22.7. The van der Waals surface area contributed by atoms with Gasteiger partial charge in [0.2, 0.25) is 0 Å². The Morgan fingerprint density at radius 2 is 1.59 bits per heavy atom. The summed E-state index contributed by atoms with van der Waals surface area (Å²) in [6.45, 7) is 0.205. The van der Waals surface area contributed by atoms with Crippen LogP contribution in [0.1, 0.15) is 11.1 Å². The van der Waals surface area contributed by atoms with Crippen LogP contribution in [-0.4, -0.2) is 39.2 Å². The van der Waals surface area contributed by atoms with Crippen LogP contribution in [0.4, 0.5) is 10.5 Å². The lowest BCUT2D eigenvalue weighted by atomic mass is 10.1. The van der Waals surface area contributed by atoms with Crippen molar-refractivity contribution >= 4 is 75.4 Å². The molecule has 4 amide bonds. The second-order valence-corrected chi connectivity index (χ2v) is 10.0. The van der Waals surface area contributed by atoms with Crippen molar-refractivity contribution in [2.75, 3.05) is 26.2 Å². The smallest absolute Gasteiger partial charge is 0.336 e. The van der Waals surface area contributed by atoms with Gasteiger partial charge >= 0.3 is 6.03 Å². The Morgan fingerprint density at radius 3 is 2.26 bits per heavy atom. The van der Waals surface area contributed by atoms with Crippen molar-refractivity contribution in [2.45, 2.75) is 6.61 Å². The second kappa shape index (κ2) is 12.1. The first-order valence-electron chi connectivity index (χ1n) is 11.2. The van der Waals surface area contributed by atoms with E-state index in [0.29, 0.717) is 25.7 Å². The molecule has 39 heavy (non-hydrogen) atoms. The van der Waals surface area contributed by atoms with E-state index in [1.54, 1.807) is 18.2 Å². The average Bonchev–Trinajstić information content (AvgIpc) is 2.91. The van der Waals surface area contributed by atoms with Crippen LogP contribution in [0, 0.1) is 3.57 Å². The van der Waals surface area contributed by atoms with Crippen molar-refractivity contribution in [3.8, 4) is 23.0 Å². The molecule has 0 aromatic heterocycles. The van der Waals surface area contributed by atoms with Crippen molar-refractivity contribution in [3.63, 3.8) is 0 Å². The maximum Gasteiger partial charge on any atom is 0.336 e. The summed E-state index contributed by atoms with van der Waals surface area (Å²) in [5.41, 5.74) is 1.03. The van der Waals surface area contributed by atoms with Gasteiger partial charge < -0.3 is 18.9 Å². The third-order valence-corrected chi connectivity index (χ3v) is 7.15. The summed E-state index contributed by atoms with van der Waals surface area (Å²) in [4.78, 5) is 39.7. The molecule has 0 radical (unpaired) electrons. The lowest BCUT2D eigenvalue weighted by Gasteiger charge is -2.28. The van der Waals surface area contributed by atoms with Crippen LogP contribution in [0.5, 0.6) is 23.0 Å². The molecule has 1 saturated heterocycles. The summed E-state index contributed by atoms with van der Waals surface area (Å²) in [5, 5.41) is 2.98. The van der Waals surface area contributed by atoms with Crippen LogP contribution < -0.4 is 29.2 Å². The number of anilines is 1. The van der Waals surface area contributed by atoms with E-state index in [2.05, 4.69) is 27.9 Å². The first-order chi connectivity index (χ1) is 18.7. The molecule has 1 fully saturated rings.